The van der Waals surface area contributed by atoms with E-state index >= 15 is 0 Å². The highest BCUT2D eigenvalue weighted by atomic mass is 32.2. The molecule has 0 unspecified atom stereocenters. The number of benzene rings is 1. The molecule has 0 saturated carbocycles. The molecule has 0 aliphatic carbocycles. The standard InChI is InChI=1S/C11H14N4O2S/c1-9(2)10-3-5-11(6-4-10)18(16,17)14-15-7-12-13-8-15/h3-9,14H,1-2H3. The van der Waals surface area contributed by atoms with E-state index in [-0.39, 0.29) is 4.90 Å². The molecule has 0 spiro atoms. The zero-order valence-electron chi connectivity index (χ0n) is 10.1. The van der Waals surface area contributed by atoms with Crippen molar-refractivity contribution < 1.29 is 8.42 Å². The molecule has 18 heavy (non-hydrogen) atoms. The van der Waals surface area contributed by atoms with Crippen LogP contribution in [0, 0.1) is 0 Å². The molecule has 1 N–H and O–H groups in total. The van der Waals surface area contributed by atoms with Gasteiger partial charge in [-0.15, -0.1) is 10.2 Å². The summed E-state index contributed by atoms with van der Waals surface area (Å²) in [5.41, 5.74) is 1.10. The molecule has 96 valence electrons. The minimum absolute atomic E-state index is 0.209. The van der Waals surface area contributed by atoms with Crippen molar-refractivity contribution in [1.29, 1.82) is 0 Å². The van der Waals surface area contributed by atoms with Gasteiger partial charge in [0.1, 0.15) is 12.7 Å². The van der Waals surface area contributed by atoms with Gasteiger partial charge in [-0.3, -0.25) is 0 Å². The molecule has 6 nitrogen and oxygen atoms in total. The van der Waals surface area contributed by atoms with Gasteiger partial charge in [0.2, 0.25) is 0 Å². The van der Waals surface area contributed by atoms with Gasteiger partial charge in [-0.05, 0) is 23.6 Å². The molecule has 0 bridgehead atoms. The lowest BCUT2D eigenvalue weighted by Crippen LogP contribution is -2.21. The Labute approximate surface area is 106 Å². The van der Waals surface area contributed by atoms with Gasteiger partial charge in [0, 0.05) is 0 Å². The first kappa shape index (κ1) is 12.6. The third-order valence-corrected chi connectivity index (χ3v) is 3.85. The normalized spacial score (nSPS) is 11.7. The van der Waals surface area contributed by atoms with Gasteiger partial charge in [-0.2, -0.15) is 8.42 Å². The molecule has 0 aliphatic heterocycles. The van der Waals surface area contributed by atoms with Crippen LogP contribution in [0.3, 0.4) is 0 Å². The molecular formula is C11H14N4O2S. The van der Waals surface area contributed by atoms with Gasteiger partial charge >= 0.3 is 0 Å². The lowest BCUT2D eigenvalue weighted by atomic mass is 10.0. The number of rotatable bonds is 4. The van der Waals surface area contributed by atoms with E-state index in [2.05, 4.69) is 28.9 Å². The maximum absolute atomic E-state index is 12.0. The van der Waals surface area contributed by atoms with Crippen LogP contribution in [0.2, 0.25) is 0 Å². The van der Waals surface area contributed by atoms with Crippen LogP contribution in [-0.4, -0.2) is 23.3 Å². The van der Waals surface area contributed by atoms with Crippen molar-refractivity contribution in [1.82, 2.24) is 14.9 Å². The first-order valence-electron chi connectivity index (χ1n) is 5.46. The number of hydrogen-bond acceptors (Lipinski definition) is 4. The van der Waals surface area contributed by atoms with E-state index in [4.69, 9.17) is 0 Å². The predicted molar refractivity (Wildman–Crippen MR) is 67.1 cm³/mol. The molecule has 1 aromatic carbocycles. The van der Waals surface area contributed by atoms with Crippen molar-refractivity contribution in [3.05, 3.63) is 42.5 Å². The number of hydrogen-bond donors (Lipinski definition) is 1. The lowest BCUT2D eigenvalue weighted by Gasteiger charge is -2.09. The van der Waals surface area contributed by atoms with Gasteiger partial charge in [-0.25, -0.2) is 9.51 Å². The summed E-state index contributed by atoms with van der Waals surface area (Å²) in [7, 11) is -3.59. The summed E-state index contributed by atoms with van der Waals surface area (Å²) in [6, 6.07) is 6.79. The Kier molecular flexibility index (Phi) is 3.33. The number of aromatic nitrogens is 3. The molecule has 0 saturated heterocycles. The van der Waals surface area contributed by atoms with E-state index in [1.54, 1.807) is 12.1 Å². The fourth-order valence-corrected chi connectivity index (χ4v) is 2.44. The fraction of sp³-hybridized carbons (Fsp3) is 0.273. The second kappa shape index (κ2) is 4.77. The van der Waals surface area contributed by atoms with E-state index in [1.165, 1.54) is 17.3 Å². The average molecular weight is 266 g/mol. The number of sulfonamides is 1. The maximum atomic E-state index is 12.0. The maximum Gasteiger partial charge on any atom is 0.275 e. The van der Waals surface area contributed by atoms with Crippen molar-refractivity contribution in [2.24, 2.45) is 0 Å². The summed E-state index contributed by atoms with van der Waals surface area (Å²) in [6.07, 6.45) is 2.56. The minimum atomic E-state index is -3.59. The Bertz CT molecular complexity index is 603. The molecule has 0 fully saturated rings. The highest BCUT2D eigenvalue weighted by Crippen LogP contribution is 2.17. The summed E-state index contributed by atoms with van der Waals surface area (Å²) in [6.45, 7) is 4.11. The molecule has 1 heterocycles. The van der Waals surface area contributed by atoms with E-state index in [1.807, 2.05) is 12.1 Å². The second-order valence-corrected chi connectivity index (χ2v) is 5.85. The monoisotopic (exact) mass is 266 g/mol. The summed E-state index contributed by atoms with van der Waals surface area (Å²) in [4.78, 5) is 2.54. The Hall–Kier alpha value is -1.89. The van der Waals surface area contributed by atoms with Crippen LogP contribution in [0.25, 0.3) is 0 Å². The molecule has 0 atom stereocenters. The van der Waals surface area contributed by atoms with Crippen LogP contribution < -0.4 is 4.83 Å². The van der Waals surface area contributed by atoms with Crippen molar-refractivity contribution in [3.63, 3.8) is 0 Å². The zero-order valence-corrected chi connectivity index (χ0v) is 10.9. The Morgan fingerprint density at radius 3 is 2.17 bits per heavy atom. The average Bonchev–Trinajstić information content (AvgIpc) is 2.81. The van der Waals surface area contributed by atoms with Crippen LogP contribution in [0.5, 0.6) is 0 Å². The van der Waals surface area contributed by atoms with Gasteiger partial charge in [0.05, 0.1) is 4.90 Å². The van der Waals surface area contributed by atoms with Crippen LogP contribution in [0.4, 0.5) is 0 Å². The molecule has 7 heteroatoms. The Morgan fingerprint density at radius 2 is 1.67 bits per heavy atom. The van der Waals surface area contributed by atoms with Crippen LogP contribution in [-0.2, 0) is 10.0 Å². The quantitative estimate of drug-likeness (QED) is 0.905. The van der Waals surface area contributed by atoms with Crippen molar-refractivity contribution >= 4 is 10.0 Å². The topological polar surface area (TPSA) is 76.9 Å². The van der Waals surface area contributed by atoms with E-state index < -0.39 is 10.0 Å². The Balaban J connectivity index is 2.25. The first-order chi connectivity index (χ1) is 8.49. The van der Waals surface area contributed by atoms with Gasteiger partial charge < -0.3 is 0 Å². The molecule has 1 aromatic heterocycles. The van der Waals surface area contributed by atoms with Crippen molar-refractivity contribution in [2.45, 2.75) is 24.7 Å². The lowest BCUT2D eigenvalue weighted by molar-refractivity contribution is 0.595. The third-order valence-electron chi connectivity index (χ3n) is 2.50. The highest BCUT2D eigenvalue weighted by molar-refractivity contribution is 7.92. The van der Waals surface area contributed by atoms with Crippen LogP contribution >= 0.6 is 0 Å². The number of nitrogens with zero attached hydrogens (tertiary/aromatic N) is 3. The van der Waals surface area contributed by atoms with Crippen LogP contribution in [0.15, 0.2) is 41.8 Å². The SMILES string of the molecule is CC(C)c1ccc(S(=O)(=O)Nn2cnnc2)cc1. The predicted octanol–water partition coefficient (Wildman–Crippen LogP) is 1.33. The largest absolute Gasteiger partial charge is 0.275 e. The van der Waals surface area contributed by atoms with Gasteiger partial charge in [-0.1, -0.05) is 26.0 Å². The summed E-state index contributed by atoms with van der Waals surface area (Å²) in [5, 5.41) is 7.05. The minimum Gasteiger partial charge on any atom is -0.221 e. The smallest absolute Gasteiger partial charge is 0.221 e. The molecule has 2 aromatic rings. The molecule has 0 radical (unpaired) electrons. The highest BCUT2D eigenvalue weighted by Gasteiger charge is 2.14. The summed E-state index contributed by atoms with van der Waals surface area (Å²) in [5.74, 6) is 0.368. The van der Waals surface area contributed by atoms with Crippen LogP contribution in [0.1, 0.15) is 25.3 Å². The fourth-order valence-electron chi connectivity index (χ4n) is 1.47. The Morgan fingerprint density at radius 1 is 1.11 bits per heavy atom. The van der Waals surface area contributed by atoms with E-state index in [9.17, 15) is 8.42 Å². The molecule has 0 amide bonds. The molecular weight excluding hydrogens is 252 g/mol. The summed E-state index contributed by atoms with van der Waals surface area (Å²) >= 11 is 0. The van der Waals surface area contributed by atoms with Gasteiger partial charge in [0.25, 0.3) is 10.0 Å². The van der Waals surface area contributed by atoms with Crippen molar-refractivity contribution in [2.75, 3.05) is 4.83 Å². The third kappa shape index (κ3) is 2.67. The second-order valence-electron chi connectivity index (χ2n) is 4.19. The first-order valence-corrected chi connectivity index (χ1v) is 6.95. The van der Waals surface area contributed by atoms with Crippen molar-refractivity contribution in [3.8, 4) is 0 Å². The van der Waals surface area contributed by atoms with Gasteiger partial charge in [0.15, 0.2) is 0 Å². The zero-order chi connectivity index (χ0) is 13.2. The number of nitrogens with one attached hydrogen (secondary N) is 1. The van der Waals surface area contributed by atoms with E-state index in [0.717, 1.165) is 5.56 Å². The molecule has 2 rings (SSSR count). The summed E-state index contributed by atoms with van der Waals surface area (Å²) < 4.78 is 25.2. The van der Waals surface area contributed by atoms with E-state index in [0.29, 0.717) is 5.92 Å². The molecule has 0 aliphatic rings.